The van der Waals surface area contributed by atoms with E-state index in [-0.39, 0.29) is 31.5 Å². The lowest BCUT2D eigenvalue weighted by atomic mass is 9.88. The van der Waals surface area contributed by atoms with Gasteiger partial charge in [-0.3, -0.25) is 4.79 Å². The summed E-state index contributed by atoms with van der Waals surface area (Å²) >= 11 is 0. The lowest BCUT2D eigenvalue weighted by Gasteiger charge is -2.33. The van der Waals surface area contributed by atoms with Crippen LogP contribution in [0, 0.1) is 5.92 Å². The van der Waals surface area contributed by atoms with Crippen molar-refractivity contribution >= 4 is 11.9 Å². The first-order chi connectivity index (χ1) is 14.1. The van der Waals surface area contributed by atoms with E-state index < -0.39 is 53.7 Å². The van der Waals surface area contributed by atoms with E-state index in [4.69, 9.17) is 4.74 Å². The summed E-state index contributed by atoms with van der Waals surface area (Å²) in [6.07, 6.45) is -9.76. The molecule has 174 valence electrons. The molecule has 0 bridgehead atoms. The van der Waals surface area contributed by atoms with Crippen LogP contribution in [0.2, 0.25) is 0 Å². The maximum absolute atomic E-state index is 13.0. The summed E-state index contributed by atoms with van der Waals surface area (Å²) in [7, 11) is 0. The Bertz CT molecular complexity index is 805. The third kappa shape index (κ3) is 7.32. The highest BCUT2D eigenvalue weighted by Crippen LogP contribution is 2.35. The van der Waals surface area contributed by atoms with E-state index in [2.05, 4.69) is 4.74 Å². The Labute approximate surface area is 175 Å². The number of hydrogen-bond donors (Lipinski definition) is 0. The highest BCUT2D eigenvalue weighted by atomic mass is 19.4. The fourth-order valence-electron chi connectivity index (χ4n) is 3.05. The molecule has 11 heteroatoms. The molecule has 1 amide bonds. The van der Waals surface area contributed by atoms with Gasteiger partial charge in [-0.05, 0) is 51.8 Å². The number of piperidine rings is 1. The summed E-state index contributed by atoms with van der Waals surface area (Å²) < 4.78 is 86.2. The molecule has 0 spiro atoms. The zero-order chi connectivity index (χ0) is 23.6. The molecule has 1 aliphatic heterocycles. The zero-order valence-corrected chi connectivity index (χ0v) is 17.2. The van der Waals surface area contributed by atoms with Gasteiger partial charge in [0.05, 0.1) is 11.1 Å². The molecule has 0 aliphatic carbocycles. The predicted octanol–water partition coefficient (Wildman–Crippen LogP) is 5.48. The number of likely N-dealkylation sites (tertiary alicyclic amines) is 1. The number of hydrogen-bond acceptors (Lipinski definition) is 4. The number of carbonyl (C=O) groups is 2. The predicted molar refractivity (Wildman–Crippen MR) is 97.9 cm³/mol. The van der Waals surface area contributed by atoms with Crippen molar-refractivity contribution in [3.8, 4) is 5.75 Å². The summed E-state index contributed by atoms with van der Waals surface area (Å²) in [5, 5.41) is 0. The van der Waals surface area contributed by atoms with Crippen LogP contribution in [-0.2, 0) is 10.9 Å². The number of rotatable bonds is 4. The summed E-state index contributed by atoms with van der Waals surface area (Å²) in [6, 6.07) is 1.86. The van der Waals surface area contributed by atoms with E-state index in [9.17, 15) is 35.9 Å². The average Bonchev–Trinajstić information content (AvgIpc) is 2.63. The van der Waals surface area contributed by atoms with Crippen LogP contribution in [0.25, 0.3) is 0 Å². The molecule has 0 saturated carbocycles. The van der Waals surface area contributed by atoms with E-state index in [1.807, 2.05) is 0 Å². The molecular weight excluding hydrogens is 432 g/mol. The molecular formula is C20H23F6NO4. The van der Waals surface area contributed by atoms with Crippen LogP contribution in [0.3, 0.4) is 0 Å². The van der Waals surface area contributed by atoms with Crippen molar-refractivity contribution in [1.29, 1.82) is 0 Å². The monoisotopic (exact) mass is 455 g/mol. The zero-order valence-electron chi connectivity index (χ0n) is 17.2. The van der Waals surface area contributed by atoms with Crippen LogP contribution in [-0.4, -0.2) is 48.3 Å². The number of benzene rings is 1. The fraction of sp³-hybridized carbons (Fsp3) is 0.600. The molecule has 1 heterocycles. The van der Waals surface area contributed by atoms with Gasteiger partial charge in [0.15, 0.2) is 12.4 Å². The minimum Gasteiger partial charge on any atom is -0.483 e. The molecule has 1 aromatic rings. The van der Waals surface area contributed by atoms with Crippen molar-refractivity contribution in [3.63, 3.8) is 0 Å². The van der Waals surface area contributed by atoms with E-state index in [0.29, 0.717) is 12.1 Å². The Morgan fingerprint density at radius 3 is 2.10 bits per heavy atom. The average molecular weight is 455 g/mol. The normalized spacial score (nSPS) is 16.2. The second-order valence-electron chi connectivity index (χ2n) is 8.22. The van der Waals surface area contributed by atoms with Crippen molar-refractivity contribution in [2.45, 2.75) is 51.6 Å². The van der Waals surface area contributed by atoms with Crippen LogP contribution in [0.4, 0.5) is 31.1 Å². The van der Waals surface area contributed by atoms with E-state index in [1.165, 1.54) is 4.90 Å². The van der Waals surface area contributed by atoms with Gasteiger partial charge in [0.25, 0.3) is 0 Å². The minimum absolute atomic E-state index is 0.171. The topological polar surface area (TPSA) is 55.8 Å². The first kappa shape index (κ1) is 24.8. The summed E-state index contributed by atoms with van der Waals surface area (Å²) in [5.41, 5.74) is -2.27. The molecule has 5 nitrogen and oxygen atoms in total. The van der Waals surface area contributed by atoms with Gasteiger partial charge < -0.3 is 14.4 Å². The molecule has 0 radical (unpaired) electrons. The third-order valence-electron chi connectivity index (χ3n) is 4.48. The van der Waals surface area contributed by atoms with Crippen LogP contribution >= 0.6 is 0 Å². The Morgan fingerprint density at radius 2 is 1.61 bits per heavy atom. The molecule has 1 fully saturated rings. The fourth-order valence-corrected chi connectivity index (χ4v) is 3.05. The standard InChI is InChI=1S/C20H23F6NO4/c1-18(2,3)31-17(29)27-8-6-12(7-9-27)16(28)14-5-4-13(20(24,25)26)10-15(14)30-11-19(21,22)23/h4-5,10,12H,6-9,11H2,1-3H3. The Kier molecular flexibility index (Phi) is 7.17. The quantitative estimate of drug-likeness (QED) is 0.446. The Hall–Kier alpha value is -2.46. The van der Waals surface area contributed by atoms with E-state index in [1.54, 1.807) is 20.8 Å². The van der Waals surface area contributed by atoms with Crippen molar-refractivity contribution in [3.05, 3.63) is 29.3 Å². The van der Waals surface area contributed by atoms with Gasteiger partial charge in [0.1, 0.15) is 11.4 Å². The van der Waals surface area contributed by atoms with Crippen molar-refractivity contribution < 1.29 is 45.4 Å². The second-order valence-corrected chi connectivity index (χ2v) is 8.22. The molecule has 0 atom stereocenters. The van der Waals surface area contributed by atoms with Crippen molar-refractivity contribution in [2.75, 3.05) is 19.7 Å². The molecule has 31 heavy (non-hydrogen) atoms. The SMILES string of the molecule is CC(C)(C)OC(=O)N1CCC(C(=O)c2ccc(C(F)(F)F)cc2OCC(F)(F)F)CC1. The highest BCUT2D eigenvalue weighted by molar-refractivity contribution is 6.00. The molecule has 1 aromatic carbocycles. The number of nitrogens with zero attached hydrogens (tertiary/aromatic N) is 1. The van der Waals surface area contributed by atoms with Gasteiger partial charge >= 0.3 is 18.4 Å². The van der Waals surface area contributed by atoms with Gasteiger partial charge in [-0.25, -0.2) is 4.79 Å². The van der Waals surface area contributed by atoms with Crippen LogP contribution in [0.1, 0.15) is 49.5 Å². The number of ether oxygens (including phenoxy) is 2. The molecule has 0 unspecified atom stereocenters. The summed E-state index contributed by atoms with van der Waals surface area (Å²) in [5.74, 6) is -2.08. The number of alkyl halides is 6. The van der Waals surface area contributed by atoms with Crippen LogP contribution in [0.5, 0.6) is 5.75 Å². The lowest BCUT2D eigenvalue weighted by Crippen LogP contribution is -2.43. The van der Waals surface area contributed by atoms with Gasteiger partial charge in [-0.15, -0.1) is 0 Å². The van der Waals surface area contributed by atoms with Crippen LogP contribution in [0.15, 0.2) is 18.2 Å². The molecule has 0 aromatic heterocycles. The first-order valence-electron chi connectivity index (χ1n) is 9.50. The summed E-state index contributed by atoms with van der Waals surface area (Å²) in [6.45, 7) is 3.62. The van der Waals surface area contributed by atoms with Gasteiger partial charge in [-0.1, -0.05) is 0 Å². The lowest BCUT2D eigenvalue weighted by molar-refractivity contribution is -0.153. The molecule has 1 aliphatic rings. The van der Waals surface area contributed by atoms with Crippen LogP contribution < -0.4 is 4.74 Å². The molecule has 1 saturated heterocycles. The van der Waals surface area contributed by atoms with Crippen molar-refractivity contribution in [2.24, 2.45) is 5.92 Å². The van der Waals surface area contributed by atoms with E-state index >= 15 is 0 Å². The van der Waals surface area contributed by atoms with E-state index in [0.717, 1.165) is 6.07 Å². The number of carbonyl (C=O) groups excluding carboxylic acids is 2. The van der Waals surface area contributed by atoms with Gasteiger partial charge in [-0.2, -0.15) is 26.3 Å². The van der Waals surface area contributed by atoms with Gasteiger partial charge in [0.2, 0.25) is 0 Å². The number of Topliss-reactive ketones (excluding diaryl/α,β-unsaturated/α-hetero) is 1. The smallest absolute Gasteiger partial charge is 0.422 e. The second kappa shape index (κ2) is 8.96. The first-order valence-corrected chi connectivity index (χ1v) is 9.50. The summed E-state index contributed by atoms with van der Waals surface area (Å²) in [4.78, 5) is 26.4. The maximum Gasteiger partial charge on any atom is 0.422 e. The minimum atomic E-state index is -4.81. The maximum atomic E-state index is 13.0. The Balaban J connectivity index is 2.16. The number of ketones is 1. The largest absolute Gasteiger partial charge is 0.483 e. The van der Waals surface area contributed by atoms with Gasteiger partial charge in [0, 0.05) is 19.0 Å². The Morgan fingerprint density at radius 1 is 1.03 bits per heavy atom. The number of halogens is 6. The molecule has 0 N–H and O–H groups in total. The molecule has 2 rings (SSSR count). The highest BCUT2D eigenvalue weighted by Gasteiger charge is 2.36. The van der Waals surface area contributed by atoms with Crippen molar-refractivity contribution in [1.82, 2.24) is 4.90 Å². The third-order valence-corrected chi connectivity index (χ3v) is 4.48. The number of amides is 1.